The molecule has 4 rings (SSSR count). The summed E-state index contributed by atoms with van der Waals surface area (Å²) < 4.78 is 8.46. The minimum absolute atomic E-state index is 0.0122. The van der Waals surface area contributed by atoms with Gasteiger partial charge in [-0.15, -0.1) is 0 Å². The van der Waals surface area contributed by atoms with Crippen LogP contribution in [0.15, 0.2) is 36.8 Å². The van der Waals surface area contributed by atoms with Gasteiger partial charge in [0.25, 0.3) is 0 Å². The number of anilines is 1. The van der Waals surface area contributed by atoms with Crippen molar-refractivity contribution in [1.82, 2.24) is 14.5 Å². The van der Waals surface area contributed by atoms with E-state index in [1.54, 1.807) is 0 Å². The molecule has 0 unspecified atom stereocenters. The van der Waals surface area contributed by atoms with Gasteiger partial charge in [0.1, 0.15) is 0 Å². The predicted octanol–water partition coefficient (Wildman–Crippen LogP) is 2.96. The van der Waals surface area contributed by atoms with Gasteiger partial charge in [0, 0.05) is 32.0 Å². The summed E-state index contributed by atoms with van der Waals surface area (Å²) in [5, 5.41) is 3.67. The molecule has 2 atom stereocenters. The highest BCUT2D eigenvalue weighted by molar-refractivity contribution is 5.46. The van der Waals surface area contributed by atoms with Crippen molar-refractivity contribution in [3.63, 3.8) is 0 Å². The first-order valence-electron chi connectivity index (χ1n) is 9.27. The molecule has 0 radical (unpaired) electrons. The lowest BCUT2D eigenvalue weighted by atomic mass is 9.88. The number of hydrogen-bond donors (Lipinski definition) is 1. The maximum atomic E-state index is 6.35. The van der Waals surface area contributed by atoms with Crippen molar-refractivity contribution < 1.29 is 4.74 Å². The Morgan fingerprint density at radius 2 is 2.32 bits per heavy atom. The quantitative estimate of drug-likeness (QED) is 0.929. The first-order chi connectivity index (χ1) is 12.1. The zero-order valence-corrected chi connectivity index (χ0v) is 15.2. The van der Waals surface area contributed by atoms with Crippen LogP contribution in [-0.4, -0.2) is 45.8 Å². The third-order valence-electron chi connectivity index (χ3n) is 5.52. The number of benzene rings is 1. The summed E-state index contributed by atoms with van der Waals surface area (Å²) in [6, 6.07) is 9.00. The molecule has 5 nitrogen and oxygen atoms in total. The highest BCUT2D eigenvalue weighted by Crippen LogP contribution is 2.36. The summed E-state index contributed by atoms with van der Waals surface area (Å²) in [6.07, 6.45) is 7.31. The van der Waals surface area contributed by atoms with Crippen molar-refractivity contribution in [3.8, 4) is 0 Å². The zero-order chi connectivity index (χ0) is 17.3. The van der Waals surface area contributed by atoms with Crippen molar-refractivity contribution >= 4 is 5.69 Å². The summed E-state index contributed by atoms with van der Waals surface area (Å²) in [6.45, 7) is 6.05. The third-order valence-corrected chi connectivity index (χ3v) is 5.52. The summed E-state index contributed by atoms with van der Waals surface area (Å²) >= 11 is 0. The van der Waals surface area contributed by atoms with Gasteiger partial charge in [-0.05, 0) is 50.4 Å². The number of imidazole rings is 1. The van der Waals surface area contributed by atoms with Gasteiger partial charge < -0.3 is 14.6 Å². The Labute approximate surface area is 150 Å². The van der Waals surface area contributed by atoms with Gasteiger partial charge in [-0.1, -0.05) is 12.1 Å². The first-order valence-corrected chi connectivity index (χ1v) is 9.27. The van der Waals surface area contributed by atoms with E-state index in [4.69, 9.17) is 4.74 Å². The lowest BCUT2D eigenvalue weighted by molar-refractivity contribution is -0.0537. The molecule has 0 saturated carbocycles. The Balaban J connectivity index is 1.38. The molecule has 2 fully saturated rings. The molecule has 2 aliphatic rings. The number of nitrogens with zero attached hydrogens (tertiary/aromatic N) is 3. The van der Waals surface area contributed by atoms with Crippen LogP contribution in [0.1, 0.15) is 30.5 Å². The largest absolute Gasteiger partial charge is 0.380 e. The number of aromatic nitrogens is 2. The minimum Gasteiger partial charge on any atom is -0.380 e. The molecule has 3 heterocycles. The van der Waals surface area contributed by atoms with Crippen LogP contribution in [0.4, 0.5) is 5.69 Å². The molecular weight excluding hydrogens is 312 g/mol. The number of rotatable bonds is 4. The average Bonchev–Trinajstić information content (AvgIpc) is 3.15. The van der Waals surface area contributed by atoms with Gasteiger partial charge >= 0.3 is 0 Å². The summed E-state index contributed by atoms with van der Waals surface area (Å²) in [7, 11) is 2.07. The number of piperidine rings is 1. The monoisotopic (exact) mass is 340 g/mol. The van der Waals surface area contributed by atoms with E-state index in [1.807, 2.05) is 12.5 Å². The Morgan fingerprint density at radius 1 is 1.40 bits per heavy atom. The summed E-state index contributed by atoms with van der Waals surface area (Å²) in [4.78, 5) is 6.76. The Morgan fingerprint density at radius 3 is 3.12 bits per heavy atom. The number of likely N-dealkylation sites (tertiary alicyclic amines) is 1. The van der Waals surface area contributed by atoms with E-state index in [9.17, 15) is 0 Å². The molecule has 1 spiro atoms. The minimum atomic E-state index is 0.0122. The van der Waals surface area contributed by atoms with Crippen LogP contribution in [0, 0.1) is 6.92 Å². The van der Waals surface area contributed by atoms with Gasteiger partial charge in [-0.3, -0.25) is 4.90 Å². The Hall–Kier alpha value is -1.85. The second kappa shape index (κ2) is 6.81. The molecular formula is C20H28N4O. The van der Waals surface area contributed by atoms with Crippen LogP contribution >= 0.6 is 0 Å². The standard InChI is InChI=1S/C20H28N4O/c1-16-5-3-6-17(9-16)22-18-10-20(25-13-18)7-4-8-24(14-20)12-19-11-21-15-23(19)2/h3,5-6,9,11,15,18,22H,4,7-8,10,12-14H2,1-2H3/t18-,20+/m0/s1. The Bertz CT molecular complexity index is 728. The van der Waals surface area contributed by atoms with Gasteiger partial charge in [0.2, 0.25) is 0 Å². The van der Waals surface area contributed by atoms with Crippen LogP contribution in [-0.2, 0) is 18.3 Å². The fraction of sp³-hybridized carbons (Fsp3) is 0.550. The van der Waals surface area contributed by atoms with Crippen LogP contribution in [0.3, 0.4) is 0 Å². The highest BCUT2D eigenvalue weighted by Gasteiger charge is 2.43. The van der Waals surface area contributed by atoms with Gasteiger partial charge in [0.15, 0.2) is 0 Å². The number of hydrogen-bond acceptors (Lipinski definition) is 4. The molecule has 1 N–H and O–H groups in total. The molecule has 25 heavy (non-hydrogen) atoms. The summed E-state index contributed by atoms with van der Waals surface area (Å²) in [5.74, 6) is 0. The van der Waals surface area contributed by atoms with Crippen molar-refractivity contribution in [3.05, 3.63) is 48.0 Å². The fourth-order valence-electron chi connectivity index (χ4n) is 4.28. The number of aryl methyl sites for hydroxylation is 2. The van der Waals surface area contributed by atoms with Crippen molar-refractivity contribution in [2.75, 3.05) is 25.0 Å². The van der Waals surface area contributed by atoms with E-state index in [0.717, 1.165) is 32.7 Å². The predicted molar refractivity (Wildman–Crippen MR) is 99.6 cm³/mol. The topological polar surface area (TPSA) is 42.3 Å². The lowest BCUT2D eigenvalue weighted by Crippen LogP contribution is -2.47. The van der Waals surface area contributed by atoms with Gasteiger partial charge in [-0.25, -0.2) is 4.98 Å². The molecule has 1 aromatic carbocycles. The van der Waals surface area contributed by atoms with Crippen molar-refractivity contribution in [1.29, 1.82) is 0 Å². The summed E-state index contributed by atoms with van der Waals surface area (Å²) in [5.41, 5.74) is 3.77. The highest BCUT2D eigenvalue weighted by atomic mass is 16.5. The van der Waals surface area contributed by atoms with Crippen molar-refractivity contribution in [2.45, 2.75) is 44.4 Å². The zero-order valence-electron chi connectivity index (χ0n) is 15.2. The van der Waals surface area contributed by atoms with Gasteiger partial charge in [0.05, 0.1) is 30.3 Å². The third kappa shape index (κ3) is 3.72. The second-order valence-corrected chi connectivity index (χ2v) is 7.72. The fourth-order valence-corrected chi connectivity index (χ4v) is 4.28. The SMILES string of the molecule is Cc1cccc(N[C@@H]2CO[C@]3(CCCN(Cc4cncn4C)C3)C2)c1. The van der Waals surface area contributed by atoms with Gasteiger partial charge in [-0.2, -0.15) is 0 Å². The molecule has 2 saturated heterocycles. The van der Waals surface area contributed by atoms with Crippen LogP contribution < -0.4 is 5.32 Å². The molecule has 0 amide bonds. The Kier molecular flexibility index (Phi) is 4.52. The van der Waals surface area contributed by atoms with Crippen molar-refractivity contribution in [2.24, 2.45) is 7.05 Å². The first kappa shape index (κ1) is 16.6. The lowest BCUT2D eigenvalue weighted by Gasteiger charge is -2.39. The maximum absolute atomic E-state index is 6.35. The average molecular weight is 340 g/mol. The molecule has 0 aliphatic carbocycles. The second-order valence-electron chi connectivity index (χ2n) is 7.72. The normalized spacial score (nSPS) is 27.0. The smallest absolute Gasteiger partial charge is 0.0945 e. The van der Waals surface area contributed by atoms with Crippen LogP contribution in [0.5, 0.6) is 0 Å². The van der Waals surface area contributed by atoms with E-state index >= 15 is 0 Å². The van der Waals surface area contributed by atoms with E-state index in [2.05, 4.69) is 58.0 Å². The maximum Gasteiger partial charge on any atom is 0.0945 e. The molecule has 2 aliphatic heterocycles. The molecule has 5 heteroatoms. The van der Waals surface area contributed by atoms with E-state index in [0.29, 0.717) is 6.04 Å². The van der Waals surface area contributed by atoms with E-state index < -0.39 is 0 Å². The molecule has 2 aromatic rings. The molecule has 0 bridgehead atoms. The molecule has 134 valence electrons. The van der Waals surface area contributed by atoms with E-state index in [-0.39, 0.29) is 5.60 Å². The number of ether oxygens (including phenoxy) is 1. The van der Waals surface area contributed by atoms with Crippen LogP contribution in [0.2, 0.25) is 0 Å². The van der Waals surface area contributed by atoms with E-state index in [1.165, 1.54) is 29.8 Å². The van der Waals surface area contributed by atoms with Crippen LogP contribution in [0.25, 0.3) is 0 Å². The molecule has 1 aromatic heterocycles. The number of nitrogens with one attached hydrogen (secondary N) is 1.